The number of urea groups is 1. The lowest BCUT2D eigenvalue weighted by Crippen LogP contribution is -2.52. The first-order valence-electron chi connectivity index (χ1n) is 10.1. The molecular formula is C21H33ClN4O2. The van der Waals surface area contributed by atoms with E-state index in [9.17, 15) is 9.59 Å². The van der Waals surface area contributed by atoms with Crippen LogP contribution in [0.4, 0.5) is 4.79 Å². The Morgan fingerprint density at radius 2 is 1.75 bits per heavy atom. The summed E-state index contributed by atoms with van der Waals surface area (Å²) < 4.78 is 0. The van der Waals surface area contributed by atoms with Crippen LogP contribution in [0.2, 0.25) is 0 Å². The summed E-state index contributed by atoms with van der Waals surface area (Å²) in [6.45, 7) is 3.28. The number of nitrogens with two attached hydrogens (primary N) is 1. The van der Waals surface area contributed by atoms with Crippen molar-refractivity contribution in [2.45, 2.75) is 44.7 Å². The van der Waals surface area contributed by atoms with E-state index in [1.165, 1.54) is 0 Å². The molecule has 1 unspecified atom stereocenters. The van der Waals surface area contributed by atoms with Gasteiger partial charge in [0.2, 0.25) is 5.91 Å². The number of piperidine rings is 2. The standard InChI is InChI=1S/C21H32N4O2.ClH/c1-23(16-17-7-3-2-4-8-17)21(27)24-13-10-18(11-14-24)20(26)25-12-6-5-9-19(25)15-22;/h2-4,7-8,18-19H,5-6,9-16,22H2,1H3;1H. The van der Waals surface area contributed by atoms with Crippen molar-refractivity contribution in [2.24, 2.45) is 11.7 Å². The van der Waals surface area contributed by atoms with Gasteiger partial charge in [-0.25, -0.2) is 4.79 Å². The molecule has 0 spiro atoms. The number of halogens is 1. The van der Waals surface area contributed by atoms with E-state index in [0.717, 1.165) is 44.2 Å². The lowest BCUT2D eigenvalue weighted by molar-refractivity contribution is -0.140. The number of carbonyl (C=O) groups is 2. The Hall–Kier alpha value is -1.79. The van der Waals surface area contributed by atoms with Crippen molar-refractivity contribution in [3.05, 3.63) is 35.9 Å². The van der Waals surface area contributed by atoms with Crippen LogP contribution in [-0.2, 0) is 11.3 Å². The first-order chi connectivity index (χ1) is 13.1. The van der Waals surface area contributed by atoms with Crippen LogP contribution in [0.5, 0.6) is 0 Å². The van der Waals surface area contributed by atoms with Gasteiger partial charge in [-0.2, -0.15) is 0 Å². The van der Waals surface area contributed by atoms with E-state index >= 15 is 0 Å². The summed E-state index contributed by atoms with van der Waals surface area (Å²) in [5, 5.41) is 0. The first kappa shape index (κ1) is 22.5. The van der Waals surface area contributed by atoms with Crippen molar-refractivity contribution in [2.75, 3.05) is 33.2 Å². The van der Waals surface area contributed by atoms with Crippen molar-refractivity contribution in [1.82, 2.24) is 14.7 Å². The van der Waals surface area contributed by atoms with E-state index in [4.69, 9.17) is 5.73 Å². The smallest absolute Gasteiger partial charge is 0.320 e. The van der Waals surface area contributed by atoms with Crippen LogP contribution in [0.3, 0.4) is 0 Å². The molecule has 2 saturated heterocycles. The minimum atomic E-state index is 0. The summed E-state index contributed by atoms with van der Waals surface area (Å²) in [6.07, 6.45) is 4.75. The number of hydrogen-bond donors (Lipinski definition) is 1. The van der Waals surface area contributed by atoms with Crippen molar-refractivity contribution in [3.8, 4) is 0 Å². The number of amides is 3. The molecule has 0 bridgehead atoms. The fourth-order valence-electron chi connectivity index (χ4n) is 4.25. The molecule has 28 heavy (non-hydrogen) atoms. The molecule has 7 heteroatoms. The molecule has 6 nitrogen and oxygen atoms in total. The van der Waals surface area contributed by atoms with E-state index in [1.807, 2.05) is 47.2 Å². The lowest BCUT2D eigenvalue weighted by atomic mass is 9.92. The number of rotatable bonds is 4. The maximum absolute atomic E-state index is 12.9. The zero-order chi connectivity index (χ0) is 19.2. The van der Waals surface area contributed by atoms with Gasteiger partial charge in [-0.05, 0) is 37.7 Å². The second kappa shape index (κ2) is 10.7. The zero-order valence-electron chi connectivity index (χ0n) is 16.8. The van der Waals surface area contributed by atoms with Crippen molar-refractivity contribution in [1.29, 1.82) is 0 Å². The summed E-state index contributed by atoms with van der Waals surface area (Å²) in [7, 11) is 1.84. The van der Waals surface area contributed by atoms with Gasteiger partial charge >= 0.3 is 6.03 Å². The topological polar surface area (TPSA) is 69.9 Å². The predicted octanol–water partition coefficient (Wildman–Crippen LogP) is 2.71. The number of likely N-dealkylation sites (tertiary alicyclic amines) is 2. The highest BCUT2D eigenvalue weighted by Crippen LogP contribution is 2.25. The Morgan fingerprint density at radius 1 is 1.07 bits per heavy atom. The lowest BCUT2D eigenvalue weighted by Gasteiger charge is -2.40. The quantitative estimate of drug-likeness (QED) is 0.832. The van der Waals surface area contributed by atoms with Crippen LogP contribution in [0, 0.1) is 5.92 Å². The fraction of sp³-hybridized carbons (Fsp3) is 0.619. The summed E-state index contributed by atoms with van der Waals surface area (Å²) in [5.74, 6) is 0.274. The van der Waals surface area contributed by atoms with Crippen LogP contribution in [0.1, 0.15) is 37.7 Å². The average Bonchev–Trinajstić information content (AvgIpc) is 2.73. The Balaban J connectivity index is 0.00000280. The summed E-state index contributed by atoms with van der Waals surface area (Å²) in [6, 6.07) is 10.2. The number of benzene rings is 1. The third-order valence-corrected chi connectivity index (χ3v) is 5.89. The zero-order valence-corrected chi connectivity index (χ0v) is 17.6. The largest absolute Gasteiger partial charge is 0.338 e. The minimum Gasteiger partial charge on any atom is -0.338 e. The highest BCUT2D eigenvalue weighted by atomic mass is 35.5. The fourth-order valence-corrected chi connectivity index (χ4v) is 4.25. The van der Waals surface area contributed by atoms with Gasteiger partial charge in [0.25, 0.3) is 0 Å². The molecule has 2 N–H and O–H groups in total. The molecule has 1 aromatic rings. The predicted molar refractivity (Wildman–Crippen MR) is 113 cm³/mol. The Morgan fingerprint density at radius 3 is 2.39 bits per heavy atom. The Kier molecular flexibility index (Phi) is 8.58. The molecule has 2 aliphatic rings. The summed E-state index contributed by atoms with van der Waals surface area (Å²) in [5.41, 5.74) is 6.99. The molecule has 0 saturated carbocycles. The van der Waals surface area contributed by atoms with Gasteiger partial charge in [0.05, 0.1) is 0 Å². The maximum atomic E-state index is 12.9. The van der Waals surface area contributed by atoms with E-state index in [0.29, 0.717) is 26.2 Å². The van der Waals surface area contributed by atoms with E-state index < -0.39 is 0 Å². The third kappa shape index (κ3) is 5.39. The van der Waals surface area contributed by atoms with Crippen molar-refractivity contribution < 1.29 is 9.59 Å². The SMILES string of the molecule is CN(Cc1ccccc1)C(=O)N1CCC(C(=O)N2CCCCC2CN)CC1.Cl. The van der Waals surface area contributed by atoms with Gasteiger partial charge in [0, 0.05) is 51.7 Å². The summed E-state index contributed by atoms with van der Waals surface area (Å²) >= 11 is 0. The average molecular weight is 409 g/mol. The van der Waals surface area contributed by atoms with Crippen LogP contribution in [0.25, 0.3) is 0 Å². The molecule has 2 heterocycles. The van der Waals surface area contributed by atoms with Gasteiger partial charge in [-0.15, -0.1) is 12.4 Å². The van der Waals surface area contributed by atoms with Gasteiger partial charge < -0.3 is 20.4 Å². The van der Waals surface area contributed by atoms with Crippen molar-refractivity contribution >= 4 is 24.3 Å². The number of hydrogen-bond acceptors (Lipinski definition) is 3. The van der Waals surface area contributed by atoms with Gasteiger partial charge in [0.1, 0.15) is 0 Å². The maximum Gasteiger partial charge on any atom is 0.320 e. The first-order valence-corrected chi connectivity index (χ1v) is 10.1. The molecule has 0 aliphatic carbocycles. The second-order valence-corrected chi connectivity index (χ2v) is 7.80. The normalized spacial score (nSPS) is 20.4. The van der Waals surface area contributed by atoms with E-state index in [1.54, 1.807) is 4.90 Å². The van der Waals surface area contributed by atoms with Gasteiger partial charge in [-0.1, -0.05) is 30.3 Å². The molecule has 0 aromatic heterocycles. The molecule has 156 valence electrons. The molecule has 3 amide bonds. The number of carbonyl (C=O) groups excluding carboxylic acids is 2. The molecule has 2 fully saturated rings. The molecule has 0 radical (unpaired) electrons. The highest BCUT2D eigenvalue weighted by Gasteiger charge is 2.34. The third-order valence-electron chi connectivity index (χ3n) is 5.89. The molecular weight excluding hydrogens is 376 g/mol. The molecule has 2 aliphatic heterocycles. The summed E-state index contributed by atoms with van der Waals surface area (Å²) in [4.78, 5) is 31.3. The second-order valence-electron chi connectivity index (χ2n) is 7.80. The van der Waals surface area contributed by atoms with Crippen molar-refractivity contribution in [3.63, 3.8) is 0 Å². The van der Waals surface area contributed by atoms with Gasteiger partial charge in [0.15, 0.2) is 0 Å². The van der Waals surface area contributed by atoms with E-state index in [-0.39, 0.29) is 36.3 Å². The molecule has 1 aromatic carbocycles. The van der Waals surface area contributed by atoms with Gasteiger partial charge in [-0.3, -0.25) is 4.79 Å². The van der Waals surface area contributed by atoms with E-state index in [2.05, 4.69) is 0 Å². The Bertz CT molecular complexity index is 635. The Labute approximate surface area is 174 Å². The van der Waals surface area contributed by atoms with Crippen LogP contribution in [0.15, 0.2) is 30.3 Å². The minimum absolute atomic E-state index is 0. The molecule has 1 atom stereocenters. The van der Waals surface area contributed by atoms with Crippen LogP contribution < -0.4 is 5.73 Å². The van der Waals surface area contributed by atoms with Crippen LogP contribution in [-0.4, -0.2) is 65.9 Å². The molecule has 3 rings (SSSR count). The highest BCUT2D eigenvalue weighted by molar-refractivity contribution is 5.85. The van der Waals surface area contributed by atoms with Crippen LogP contribution >= 0.6 is 12.4 Å². The number of nitrogens with zero attached hydrogens (tertiary/aromatic N) is 3. The monoisotopic (exact) mass is 408 g/mol.